The first-order valence-electron chi connectivity index (χ1n) is 6.33. The lowest BCUT2D eigenvalue weighted by molar-refractivity contribution is -0.130. The van der Waals surface area contributed by atoms with Crippen LogP contribution in [0.4, 0.5) is 4.79 Å². The number of hydrogen-bond donors (Lipinski definition) is 2. The van der Waals surface area contributed by atoms with Gasteiger partial charge in [-0.3, -0.25) is 9.69 Å². The quantitative estimate of drug-likeness (QED) is 0.801. The molecule has 5 heteroatoms. The zero-order chi connectivity index (χ0) is 14.2. The van der Waals surface area contributed by atoms with Crippen LogP contribution in [0.25, 0.3) is 0 Å². The molecule has 1 aromatic carbocycles. The summed E-state index contributed by atoms with van der Waals surface area (Å²) >= 11 is 0. The summed E-state index contributed by atoms with van der Waals surface area (Å²) in [5.74, 6) is 0.108. The number of imide groups is 1. The average molecular weight is 261 g/mol. The number of likely N-dealkylation sites (N-methyl/N-ethyl adjacent to an activating group) is 1. The second kappa shape index (κ2) is 4.66. The number of carbonyl (C=O) groups excluding carboxylic acids is 2. The van der Waals surface area contributed by atoms with E-state index in [1.807, 2.05) is 24.3 Å². The minimum atomic E-state index is -1.12. The van der Waals surface area contributed by atoms with Crippen LogP contribution in [0, 0.1) is 0 Å². The second-order valence-electron chi connectivity index (χ2n) is 5.18. The Hall–Kier alpha value is -1.88. The molecule has 19 heavy (non-hydrogen) atoms. The van der Waals surface area contributed by atoms with Gasteiger partial charge in [0.05, 0.1) is 0 Å². The molecule has 0 aromatic heterocycles. The maximum absolute atomic E-state index is 12.3. The number of hydrogen-bond acceptors (Lipinski definition) is 3. The first-order chi connectivity index (χ1) is 8.92. The molecule has 0 bridgehead atoms. The number of amides is 3. The standard InChI is InChI=1S/C14H19N3O2/c1-9(2)10-4-6-11(7-5-10)14(8-15)12(18)17(3)13(19)16-14/h4-7,9H,8,15H2,1-3H3,(H,16,19). The predicted octanol–water partition coefficient (Wildman–Crippen LogP) is 1.15. The first-order valence-corrected chi connectivity index (χ1v) is 6.33. The van der Waals surface area contributed by atoms with E-state index >= 15 is 0 Å². The van der Waals surface area contributed by atoms with Crippen LogP contribution >= 0.6 is 0 Å². The van der Waals surface area contributed by atoms with Gasteiger partial charge in [0.15, 0.2) is 5.54 Å². The third kappa shape index (κ3) is 2.00. The van der Waals surface area contributed by atoms with Gasteiger partial charge in [-0.15, -0.1) is 0 Å². The van der Waals surface area contributed by atoms with Crippen molar-refractivity contribution in [3.63, 3.8) is 0 Å². The van der Waals surface area contributed by atoms with Gasteiger partial charge in [0.2, 0.25) is 0 Å². The van der Waals surface area contributed by atoms with E-state index < -0.39 is 11.6 Å². The Bertz CT molecular complexity index is 510. The molecule has 1 unspecified atom stereocenters. The molecule has 102 valence electrons. The summed E-state index contributed by atoms with van der Waals surface area (Å²) in [7, 11) is 1.46. The monoisotopic (exact) mass is 261 g/mol. The minimum Gasteiger partial charge on any atom is -0.327 e. The van der Waals surface area contributed by atoms with E-state index in [4.69, 9.17) is 5.73 Å². The van der Waals surface area contributed by atoms with Gasteiger partial charge in [0.25, 0.3) is 5.91 Å². The number of rotatable bonds is 3. The molecule has 1 heterocycles. The van der Waals surface area contributed by atoms with Crippen molar-refractivity contribution in [3.05, 3.63) is 35.4 Å². The number of urea groups is 1. The molecule has 1 aliphatic heterocycles. The van der Waals surface area contributed by atoms with E-state index in [1.54, 1.807) is 0 Å². The summed E-state index contributed by atoms with van der Waals surface area (Å²) in [5, 5.41) is 2.69. The SMILES string of the molecule is CC(C)c1ccc(C2(CN)NC(=O)N(C)C2=O)cc1. The molecule has 3 N–H and O–H groups in total. The Labute approximate surface area is 112 Å². The van der Waals surface area contributed by atoms with Crippen molar-refractivity contribution in [2.45, 2.75) is 25.3 Å². The van der Waals surface area contributed by atoms with Crippen molar-refractivity contribution < 1.29 is 9.59 Å². The van der Waals surface area contributed by atoms with E-state index in [0.29, 0.717) is 5.92 Å². The predicted molar refractivity (Wildman–Crippen MR) is 72.6 cm³/mol. The highest BCUT2D eigenvalue weighted by molar-refractivity contribution is 6.07. The Morgan fingerprint density at radius 2 is 1.84 bits per heavy atom. The second-order valence-corrected chi connectivity index (χ2v) is 5.18. The van der Waals surface area contributed by atoms with E-state index in [9.17, 15) is 9.59 Å². The van der Waals surface area contributed by atoms with Crippen LogP contribution in [0.15, 0.2) is 24.3 Å². The maximum Gasteiger partial charge on any atom is 0.325 e. The average Bonchev–Trinajstić information content (AvgIpc) is 2.64. The largest absolute Gasteiger partial charge is 0.327 e. The van der Waals surface area contributed by atoms with Gasteiger partial charge in [0.1, 0.15) is 0 Å². The van der Waals surface area contributed by atoms with Crippen molar-refractivity contribution in [1.82, 2.24) is 10.2 Å². The van der Waals surface area contributed by atoms with Crippen LogP contribution in [-0.2, 0) is 10.3 Å². The van der Waals surface area contributed by atoms with Gasteiger partial charge < -0.3 is 11.1 Å². The fraction of sp³-hybridized carbons (Fsp3) is 0.429. The van der Waals surface area contributed by atoms with Crippen LogP contribution in [-0.4, -0.2) is 30.4 Å². The molecule has 0 spiro atoms. The van der Waals surface area contributed by atoms with Gasteiger partial charge in [-0.05, 0) is 17.0 Å². The number of nitrogens with two attached hydrogens (primary N) is 1. The highest BCUT2D eigenvalue weighted by Gasteiger charge is 2.50. The number of nitrogens with one attached hydrogen (secondary N) is 1. The van der Waals surface area contributed by atoms with Gasteiger partial charge >= 0.3 is 6.03 Å². The van der Waals surface area contributed by atoms with Gasteiger partial charge in [-0.1, -0.05) is 38.1 Å². The van der Waals surface area contributed by atoms with Gasteiger partial charge in [-0.2, -0.15) is 0 Å². The van der Waals surface area contributed by atoms with Crippen molar-refractivity contribution in [2.75, 3.05) is 13.6 Å². The zero-order valence-electron chi connectivity index (χ0n) is 11.4. The smallest absolute Gasteiger partial charge is 0.325 e. The third-order valence-electron chi connectivity index (χ3n) is 3.67. The Kier molecular flexibility index (Phi) is 3.32. The third-order valence-corrected chi connectivity index (χ3v) is 3.67. The molecule has 1 aliphatic rings. The first kappa shape index (κ1) is 13.5. The number of nitrogens with zero attached hydrogens (tertiary/aromatic N) is 1. The molecular formula is C14H19N3O2. The molecule has 0 radical (unpaired) electrons. The lowest BCUT2D eigenvalue weighted by Crippen LogP contribution is -2.50. The van der Waals surface area contributed by atoms with E-state index in [0.717, 1.165) is 10.5 Å². The molecule has 2 rings (SSSR count). The minimum absolute atomic E-state index is 0.0446. The van der Waals surface area contributed by atoms with E-state index in [1.165, 1.54) is 12.6 Å². The zero-order valence-corrected chi connectivity index (χ0v) is 11.4. The molecule has 3 amide bonds. The van der Waals surface area contributed by atoms with Crippen molar-refractivity contribution >= 4 is 11.9 Å². The van der Waals surface area contributed by atoms with Crippen molar-refractivity contribution in [3.8, 4) is 0 Å². The Balaban J connectivity index is 2.43. The molecular weight excluding hydrogens is 242 g/mol. The molecule has 1 aromatic rings. The van der Waals surface area contributed by atoms with E-state index in [2.05, 4.69) is 19.2 Å². The molecule has 0 saturated carbocycles. The lowest BCUT2D eigenvalue weighted by Gasteiger charge is -2.25. The summed E-state index contributed by atoms with van der Waals surface area (Å²) in [6.07, 6.45) is 0. The topological polar surface area (TPSA) is 75.4 Å². The maximum atomic E-state index is 12.3. The van der Waals surface area contributed by atoms with Crippen LogP contribution < -0.4 is 11.1 Å². The van der Waals surface area contributed by atoms with Crippen molar-refractivity contribution in [1.29, 1.82) is 0 Å². The highest BCUT2D eigenvalue weighted by Crippen LogP contribution is 2.28. The number of benzene rings is 1. The summed E-state index contributed by atoms with van der Waals surface area (Å²) in [4.78, 5) is 25.0. The molecule has 1 saturated heterocycles. The normalized spacial score (nSPS) is 23.1. The summed E-state index contributed by atoms with van der Waals surface area (Å²) in [5.41, 5.74) is 6.53. The lowest BCUT2D eigenvalue weighted by atomic mass is 9.88. The Morgan fingerprint density at radius 3 is 2.21 bits per heavy atom. The van der Waals surface area contributed by atoms with Crippen LogP contribution in [0.2, 0.25) is 0 Å². The summed E-state index contributed by atoms with van der Waals surface area (Å²) in [6.45, 7) is 4.25. The fourth-order valence-electron chi connectivity index (χ4n) is 2.30. The summed E-state index contributed by atoms with van der Waals surface area (Å²) in [6, 6.07) is 7.24. The number of carbonyl (C=O) groups is 2. The fourth-order valence-corrected chi connectivity index (χ4v) is 2.30. The van der Waals surface area contributed by atoms with Crippen molar-refractivity contribution in [2.24, 2.45) is 5.73 Å². The molecule has 0 aliphatic carbocycles. The molecule has 1 atom stereocenters. The van der Waals surface area contributed by atoms with Crippen LogP contribution in [0.5, 0.6) is 0 Å². The van der Waals surface area contributed by atoms with Gasteiger partial charge in [-0.25, -0.2) is 4.79 Å². The summed E-state index contributed by atoms with van der Waals surface area (Å²) < 4.78 is 0. The highest BCUT2D eigenvalue weighted by atomic mass is 16.2. The molecule has 1 fully saturated rings. The molecule has 5 nitrogen and oxygen atoms in total. The van der Waals surface area contributed by atoms with E-state index in [-0.39, 0.29) is 12.5 Å². The van der Waals surface area contributed by atoms with Gasteiger partial charge in [0, 0.05) is 13.6 Å². The van der Waals surface area contributed by atoms with Crippen LogP contribution in [0.1, 0.15) is 30.9 Å². The Morgan fingerprint density at radius 1 is 1.26 bits per heavy atom. The van der Waals surface area contributed by atoms with Crippen LogP contribution in [0.3, 0.4) is 0 Å².